The third-order valence-corrected chi connectivity index (χ3v) is 7.79. The molecule has 0 saturated carbocycles. The number of halogens is 1. The average molecular weight is 441 g/mol. The molecule has 6 aromatic rings. The summed E-state index contributed by atoms with van der Waals surface area (Å²) < 4.78 is 6.53. The number of furan rings is 1. The summed E-state index contributed by atoms with van der Waals surface area (Å²) in [5.41, 5.74) is 11.5. The minimum absolute atomic E-state index is 0.407. The number of fused-ring (bicyclic) bond motifs is 14. The molecule has 2 aliphatic rings. The highest BCUT2D eigenvalue weighted by atomic mass is 35.5. The van der Waals surface area contributed by atoms with Gasteiger partial charge in [0.2, 0.25) is 0 Å². The van der Waals surface area contributed by atoms with Crippen molar-refractivity contribution in [2.24, 2.45) is 0 Å². The average Bonchev–Trinajstić information content (AvgIpc) is 3.47. The van der Waals surface area contributed by atoms with Crippen molar-refractivity contribution in [1.29, 1.82) is 0 Å². The lowest BCUT2D eigenvalue weighted by molar-refractivity contribution is 0.669. The zero-order chi connectivity index (χ0) is 21.7. The standard InChI is InChI=1S/C31H17ClO/c32-18-13-14-23-27(17-18)31(24-10-4-1-7-19(24)20-8-2-5-11-25(20)31)26-16-15-22-21-9-3-6-12-28(21)33-30(22)29(23)26/h1-17H. The number of hydrogen-bond donors (Lipinski definition) is 0. The lowest BCUT2D eigenvalue weighted by Gasteiger charge is -2.30. The van der Waals surface area contributed by atoms with Crippen LogP contribution in [0.1, 0.15) is 22.3 Å². The van der Waals surface area contributed by atoms with Crippen LogP contribution in [0, 0.1) is 0 Å². The first kappa shape index (κ1) is 17.7. The van der Waals surface area contributed by atoms with Crippen molar-refractivity contribution in [1.82, 2.24) is 0 Å². The van der Waals surface area contributed by atoms with E-state index in [1.165, 1.54) is 44.5 Å². The molecule has 33 heavy (non-hydrogen) atoms. The molecule has 1 spiro atoms. The van der Waals surface area contributed by atoms with Gasteiger partial charge in [-0.05, 0) is 57.1 Å². The first-order valence-electron chi connectivity index (χ1n) is 11.2. The Hall–Kier alpha value is -3.81. The highest BCUT2D eigenvalue weighted by Gasteiger charge is 2.52. The summed E-state index contributed by atoms with van der Waals surface area (Å²) in [5, 5.41) is 3.06. The maximum Gasteiger partial charge on any atom is 0.143 e. The van der Waals surface area contributed by atoms with Crippen LogP contribution in [0.4, 0.5) is 0 Å². The van der Waals surface area contributed by atoms with Crippen molar-refractivity contribution < 1.29 is 4.42 Å². The Morgan fingerprint density at radius 1 is 0.545 bits per heavy atom. The van der Waals surface area contributed by atoms with Crippen molar-refractivity contribution in [3.8, 4) is 22.3 Å². The van der Waals surface area contributed by atoms with Crippen LogP contribution in [-0.2, 0) is 5.41 Å². The Labute approximate surface area is 195 Å². The van der Waals surface area contributed by atoms with Gasteiger partial charge < -0.3 is 4.42 Å². The molecule has 0 bridgehead atoms. The minimum atomic E-state index is -0.407. The van der Waals surface area contributed by atoms with Gasteiger partial charge in [0, 0.05) is 21.4 Å². The van der Waals surface area contributed by atoms with Crippen LogP contribution >= 0.6 is 11.6 Å². The number of benzene rings is 5. The maximum atomic E-state index is 6.64. The zero-order valence-corrected chi connectivity index (χ0v) is 18.4. The first-order valence-corrected chi connectivity index (χ1v) is 11.6. The largest absolute Gasteiger partial charge is 0.455 e. The Kier molecular flexibility index (Phi) is 3.19. The molecular formula is C31H17ClO. The molecule has 2 heteroatoms. The van der Waals surface area contributed by atoms with Gasteiger partial charge in [0.15, 0.2) is 0 Å². The van der Waals surface area contributed by atoms with Gasteiger partial charge in [-0.25, -0.2) is 0 Å². The van der Waals surface area contributed by atoms with Crippen molar-refractivity contribution in [3.05, 3.63) is 130 Å². The van der Waals surface area contributed by atoms with Gasteiger partial charge in [-0.15, -0.1) is 0 Å². The summed E-state index contributed by atoms with van der Waals surface area (Å²) in [4.78, 5) is 0. The second-order valence-corrected chi connectivity index (χ2v) is 9.43. The van der Waals surface area contributed by atoms with Crippen LogP contribution in [0.3, 0.4) is 0 Å². The molecule has 0 amide bonds. The van der Waals surface area contributed by atoms with E-state index in [1.807, 2.05) is 12.1 Å². The van der Waals surface area contributed by atoms with Crippen LogP contribution in [0.2, 0.25) is 5.02 Å². The van der Waals surface area contributed by atoms with Gasteiger partial charge in [0.25, 0.3) is 0 Å². The molecule has 8 rings (SSSR count). The van der Waals surface area contributed by atoms with E-state index in [4.69, 9.17) is 16.0 Å². The van der Waals surface area contributed by atoms with E-state index >= 15 is 0 Å². The van der Waals surface area contributed by atoms with E-state index in [0.717, 1.165) is 27.0 Å². The van der Waals surface area contributed by atoms with Gasteiger partial charge in [-0.1, -0.05) is 96.5 Å². The number of para-hydroxylation sites is 1. The topological polar surface area (TPSA) is 13.1 Å². The number of rotatable bonds is 0. The molecule has 154 valence electrons. The molecule has 0 aliphatic heterocycles. The molecule has 0 fully saturated rings. The van der Waals surface area contributed by atoms with Crippen molar-refractivity contribution in [2.75, 3.05) is 0 Å². The summed E-state index contributed by atoms with van der Waals surface area (Å²) in [5.74, 6) is 0. The first-order chi connectivity index (χ1) is 16.3. The van der Waals surface area contributed by atoms with Gasteiger partial charge in [0.1, 0.15) is 11.2 Å². The molecule has 0 saturated heterocycles. The van der Waals surface area contributed by atoms with E-state index in [2.05, 4.69) is 91.0 Å². The van der Waals surface area contributed by atoms with Crippen LogP contribution in [0.5, 0.6) is 0 Å². The summed E-state index contributed by atoms with van der Waals surface area (Å²) in [7, 11) is 0. The number of hydrogen-bond acceptors (Lipinski definition) is 1. The third kappa shape index (κ3) is 1.97. The Balaban J connectivity index is 1.63. The van der Waals surface area contributed by atoms with Crippen LogP contribution in [0.25, 0.3) is 44.2 Å². The Morgan fingerprint density at radius 2 is 1.24 bits per heavy atom. The van der Waals surface area contributed by atoms with E-state index in [-0.39, 0.29) is 0 Å². The van der Waals surface area contributed by atoms with Crippen molar-refractivity contribution >= 4 is 33.5 Å². The summed E-state index contributed by atoms with van der Waals surface area (Å²) >= 11 is 6.64. The molecule has 0 N–H and O–H groups in total. The van der Waals surface area contributed by atoms with Gasteiger partial charge in [-0.2, -0.15) is 0 Å². The smallest absolute Gasteiger partial charge is 0.143 e. The monoisotopic (exact) mass is 440 g/mol. The summed E-state index contributed by atoms with van der Waals surface area (Å²) in [6, 6.07) is 36.8. The van der Waals surface area contributed by atoms with Gasteiger partial charge in [-0.3, -0.25) is 0 Å². The highest BCUT2D eigenvalue weighted by Crippen LogP contribution is 2.64. The molecular weight excluding hydrogens is 424 g/mol. The van der Waals surface area contributed by atoms with Crippen LogP contribution < -0.4 is 0 Å². The summed E-state index contributed by atoms with van der Waals surface area (Å²) in [6.45, 7) is 0. The molecule has 1 aromatic heterocycles. The Bertz CT molecular complexity index is 1740. The van der Waals surface area contributed by atoms with E-state index in [1.54, 1.807) is 0 Å². The fraction of sp³-hybridized carbons (Fsp3) is 0.0323. The van der Waals surface area contributed by atoms with Crippen LogP contribution in [0.15, 0.2) is 108 Å². The van der Waals surface area contributed by atoms with E-state index in [0.29, 0.717) is 0 Å². The predicted octanol–water partition coefficient (Wildman–Crippen LogP) is 8.58. The second-order valence-electron chi connectivity index (χ2n) is 8.99. The molecule has 0 unspecified atom stereocenters. The second kappa shape index (κ2) is 5.95. The van der Waals surface area contributed by atoms with Gasteiger partial charge in [0.05, 0.1) is 5.41 Å². The molecule has 2 aliphatic carbocycles. The zero-order valence-electron chi connectivity index (χ0n) is 17.6. The van der Waals surface area contributed by atoms with Gasteiger partial charge >= 0.3 is 0 Å². The van der Waals surface area contributed by atoms with Crippen molar-refractivity contribution in [2.45, 2.75) is 5.41 Å². The normalized spacial score (nSPS) is 14.5. The molecule has 1 nitrogen and oxygen atoms in total. The predicted molar refractivity (Wildman–Crippen MR) is 135 cm³/mol. The fourth-order valence-corrected chi connectivity index (χ4v) is 6.55. The lowest BCUT2D eigenvalue weighted by atomic mass is 9.70. The molecule has 5 aromatic carbocycles. The van der Waals surface area contributed by atoms with E-state index in [9.17, 15) is 0 Å². The van der Waals surface area contributed by atoms with E-state index < -0.39 is 5.41 Å². The maximum absolute atomic E-state index is 6.64. The summed E-state index contributed by atoms with van der Waals surface area (Å²) in [6.07, 6.45) is 0. The molecule has 0 radical (unpaired) electrons. The van der Waals surface area contributed by atoms with Crippen LogP contribution in [-0.4, -0.2) is 0 Å². The minimum Gasteiger partial charge on any atom is -0.455 e. The third-order valence-electron chi connectivity index (χ3n) is 7.56. The lowest BCUT2D eigenvalue weighted by Crippen LogP contribution is -2.25. The fourth-order valence-electron chi connectivity index (χ4n) is 6.37. The van der Waals surface area contributed by atoms with Crippen molar-refractivity contribution in [3.63, 3.8) is 0 Å². The SMILES string of the molecule is Clc1ccc2c(c1)C1(c3ccccc3-c3ccccc31)c1ccc3c(oc4ccccc43)c1-2. The molecule has 0 atom stereocenters. The quantitative estimate of drug-likeness (QED) is 0.230. The molecule has 1 heterocycles. The highest BCUT2D eigenvalue weighted by molar-refractivity contribution is 6.31. The Morgan fingerprint density at radius 3 is 2.03 bits per heavy atom.